The molecule has 2 aliphatic rings. The summed E-state index contributed by atoms with van der Waals surface area (Å²) in [7, 11) is 0. The van der Waals surface area contributed by atoms with E-state index in [2.05, 4.69) is 6.92 Å². The molecule has 0 saturated carbocycles. The number of aliphatic hydroxyl groups is 3. The van der Waals surface area contributed by atoms with Gasteiger partial charge in [0.25, 0.3) is 0 Å². The van der Waals surface area contributed by atoms with Crippen molar-refractivity contribution in [2.75, 3.05) is 6.54 Å². The monoisotopic (exact) mass is 187 g/mol. The number of fused-ring (bicyclic) bond motifs is 1. The lowest BCUT2D eigenvalue weighted by Crippen LogP contribution is -2.52. The second-order valence-electron chi connectivity index (χ2n) is 4.24. The van der Waals surface area contributed by atoms with Gasteiger partial charge in [0, 0.05) is 12.6 Å². The zero-order chi connectivity index (χ0) is 9.59. The molecule has 2 rings (SSSR count). The van der Waals surface area contributed by atoms with Gasteiger partial charge in [0.1, 0.15) is 0 Å². The molecule has 13 heavy (non-hydrogen) atoms. The largest absolute Gasteiger partial charge is 0.391 e. The van der Waals surface area contributed by atoms with Crippen LogP contribution in [0, 0.1) is 0 Å². The minimum absolute atomic E-state index is 0.251. The third kappa shape index (κ3) is 1.38. The third-order valence-corrected chi connectivity index (χ3v) is 3.37. The van der Waals surface area contributed by atoms with Gasteiger partial charge in [-0.05, 0) is 19.8 Å². The average molecular weight is 187 g/mol. The summed E-state index contributed by atoms with van der Waals surface area (Å²) in [6, 6.07) is 0.110. The van der Waals surface area contributed by atoms with Crippen LogP contribution in [0.1, 0.15) is 19.8 Å². The molecule has 0 amide bonds. The van der Waals surface area contributed by atoms with Gasteiger partial charge in [0.15, 0.2) is 0 Å². The van der Waals surface area contributed by atoms with E-state index in [9.17, 15) is 15.3 Å². The Morgan fingerprint density at radius 1 is 1.08 bits per heavy atom. The van der Waals surface area contributed by atoms with Crippen LogP contribution in [0.4, 0.5) is 0 Å². The van der Waals surface area contributed by atoms with Crippen molar-refractivity contribution >= 4 is 0 Å². The van der Waals surface area contributed by atoms with Crippen LogP contribution in [0.3, 0.4) is 0 Å². The fourth-order valence-electron chi connectivity index (χ4n) is 2.54. The van der Waals surface area contributed by atoms with Gasteiger partial charge in [-0.15, -0.1) is 0 Å². The predicted octanol–water partition coefficient (Wildman–Crippen LogP) is -1.06. The fraction of sp³-hybridized carbons (Fsp3) is 1.00. The third-order valence-electron chi connectivity index (χ3n) is 3.37. The molecule has 0 aliphatic carbocycles. The van der Waals surface area contributed by atoms with Crippen LogP contribution in [-0.2, 0) is 0 Å². The van der Waals surface area contributed by atoms with Crippen molar-refractivity contribution in [2.24, 2.45) is 0 Å². The van der Waals surface area contributed by atoms with E-state index >= 15 is 0 Å². The second-order valence-corrected chi connectivity index (χ2v) is 4.24. The number of piperidine rings is 1. The lowest BCUT2D eigenvalue weighted by Gasteiger charge is -2.39. The topological polar surface area (TPSA) is 63.9 Å². The fourth-order valence-corrected chi connectivity index (χ4v) is 2.54. The summed E-state index contributed by atoms with van der Waals surface area (Å²) in [5.74, 6) is 0. The smallest absolute Gasteiger partial charge is 0.0991 e. The van der Waals surface area contributed by atoms with Crippen molar-refractivity contribution in [3.63, 3.8) is 0 Å². The minimum Gasteiger partial charge on any atom is -0.391 e. The van der Waals surface area contributed by atoms with Crippen molar-refractivity contribution in [2.45, 2.75) is 50.2 Å². The summed E-state index contributed by atoms with van der Waals surface area (Å²) >= 11 is 0. The SMILES string of the molecule is CC1CCC(O)[C@@H]2C(O)C(O)CN12. The lowest BCUT2D eigenvalue weighted by molar-refractivity contribution is -0.0422. The van der Waals surface area contributed by atoms with Gasteiger partial charge in [-0.1, -0.05) is 0 Å². The van der Waals surface area contributed by atoms with E-state index in [1.165, 1.54) is 0 Å². The molecule has 4 unspecified atom stereocenters. The number of rotatable bonds is 0. The highest BCUT2D eigenvalue weighted by atomic mass is 16.3. The van der Waals surface area contributed by atoms with Crippen LogP contribution in [-0.4, -0.2) is 57.2 Å². The van der Waals surface area contributed by atoms with Gasteiger partial charge in [-0.3, -0.25) is 4.90 Å². The van der Waals surface area contributed by atoms with Gasteiger partial charge < -0.3 is 15.3 Å². The van der Waals surface area contributed by atoms with Crippen LogP contribution >= 0.6 is 0 Å². The zero-order valence-electron chi connectivity index (χ0n) is 7.80. The van der Waals surface area contributed by atoms with Crippen LogP contribution in [0.15, 0.2) is 0 Å². The molecule has 76 valence electrons. The van der Waals surface area contributed by atoms with Crippen LogP contribution < -0.4 is 0 Å². The Bertz CT molecular complexity index is 199. The summed E-state index contributed by atoms with van der Waals surface area (Å²) in [6.45, 7) is 2.56. The molecular formula is C9H17NO3. The molecule has 0 spiro atoms. The lowest BCUT2D eigenvalue weighted by atomic mass is 9.93. The van der Waals surface area contributed by atoms with E-state index in [4.69, 9.17) is 0 Å². The van der Waals surface area contributed by atoms with Crippen molar-refractivity contribution in [3.05, 3.63) is 0 Å². The molecule has 2 aliphatic heterocycles. The van der Waals surface area contributed by atoms with Crippen LogP contribution in [0.25, 0.3) is 0 Å². The first-order valence-corrected chi connectivity index (χ1v) is 4.91. The molecule has 0 bridgehead atoms. The molecule has 0 aromatic rings. The Balaban J connectivity index is 2.17. The van der Waals surface area contributed by atoms with Gasteiger partial charge in [-0.2, -0.15) is 0 Å². The Morgan fingerprint density at radius 3 is 2.38 bits per heavy atom. The highest BCUT2D eigenvalue weighted by Gasteiger charge is 2.47. The summed E-state index contributed by atoms with van der Waals surface area (Å²) in [4.78, 5) is 2.02. The Kier molecular flexibility index (Phi) is 2.32. The van der Waals surface area contributed by atoms with Gasteiger partial charge in [0.2, 0.25) is 0 Å². The standard InChI is InChI=1S/C9H17NO3/c1-5-2-3-6(11)8-9(13)7(12)4-10(5)8/h5-9,11-13H,2-4H2,1H3/t5?,6?,7?,8-,9?/m1/s1. The van der Waals surface area contributed by atoms with E-state index in [1.54, 1.807) is 0 Å². The van der Waals surface area contributed by atoms with Gasteiger partial charge in [-0.25, -0.2) is 0 Å². The van der Waals surface area contributed by atoms with E-state index in [0.29, 0.717) is 12.6 Å². The summed E-state index contributed by atoms with van der Waals surface area (Å²) < 4.78 is 0. The number of aliphatic hydroxyl groups excluding tert-OH is 3. The Hall–Kier alpha value is -0.160. The summed E-state index contributed by atoms with van der Waals surface area (Å²) in [5.41, 5.74) is 0. The van der Waals surface area contributed by atoms with E-state index in [1.807, 2.05) is 4.90 Å². The number of hydrogen-bond acceptors (Lipinski definition) is 4. The molecule has 3 N–H and O–H groups in total. The van der Waals surface area contributed by atoms with E-state index in [-0.39, 0.29) is 6.04 Å². The average Bonchev–Trinajstić information content (AvgIpc) is 2.38. The summed E-state index contributed by atoms with van der Waals surface area (Å²) in [5, 5.41) is 28.8. The van der Waals surface area contributed by atoms with Crippen molar-refractivity contribution in [3.8, 4) is 0 Å². The van der Waals surface area contributed by atoms with Crippen molar-refractivity contribution in [1.29, 1.82) is 0 Å². The molecule has 5 atom stereocenters. The van der Waals surface area contributed by atoms with Gasteiger partial charge in [0.05, 0.1) is 24.4 Å². The first kappa shape index (κ1) is 9.40. The molecule has 0 radical (unpaired) electrons. The molecule has 0 aromatic carbocycles. The molecule has 4 heteroatoms. The highest BCUT2D eigenvalue weighted by molar-refractivity contribution is 5.01. The molecular weight excluding hydrogens is 170 g/mol. The van der Waals surface area contributed by atoms with Gasteiger partial charge >= 0.3 is 0 Å². The molecule has 2 saturated heterocycles. The molecule has 2 heterocycles. The van der Waals surface area contributed by atoms with Crippen LogP contribution in [0.5, 0.6) is 0 Å². The van der Waals surface area contributed by atoms with Crippen molar-refractivity contribution in [1.82, 2.24) is 4.90 Å². The second kappa shape index (κ2) is 3.20. The first-order valence-electron chi connectivity index (χ1n) is 4.91. The summed E-state index contributed by atoms with van der Waals surface area (Å²) in [6.07, 6.45) is -0.287. The maximum absolute atomic E-state index is 9.67. The maximum atomic E-state index is 9.67. The maximum Gasteiger partial charge on any atom is 0.0991 e. The quantitative estimate of drug-likeness (QED) is 0.452. The Labute approximate surface area is 77.8 Å². The number of hydrogen-bond donors (Lipinski definition) is 3. The zero-order valence-corrected chi connectivity index (χ0v) is 7.80. The van der Waals surface area contributed by atoms with E-state index < -0.39 is 18.3 Å². The van der Waals surface area contributed by atoms with Crippen molar-refractivity contribution < 1.29 is 15.3 Å². The molecule has 4 nitrogen and oxygen atoms in total. The van der Waals surface area contributed by atoms with Crippen LogP contribution in [0.2, 0.25) is 0 Å². The number of nitrogens with zero attached hydrogens (tertiary/aromatic N) is 1. The molecule has 0 aromatic heterocycles. The normalized spacial score (nSPS) is 52.2. The minimum atomic E-state index is -0.780. The molecule has 2 fully saturated rings. The van der Waals surface area contributed by atoms with E-state index in [0.717, 1.165) is 12.8 Å². The Morgan fingerprint density at radius 2 is 1.77 bits per heavy atom. The predicted molar refractivity (Wildman–Crippen MR) is 47.2 cm³/mol. The first-order chi connectivity index (χ1) is 6.11. The highest BCUT2D eigenvalue weighted by Crippen LogP contribution is 2.31.